The molecule has 4 fully saturated rings. The maximum atomic E-state index is 14.4. The van der Waals surface area contributed by atoms with E-state index in [-0.39, 0.29) is 61.3 Å². The molecule has 119 heavy (non-hydrogen) atoms. The van der Waals surface area contributed by atoms with Gasteiger partial charge in [-0.1, -0.05) is 183 Å². The molecule has 0 aliphatic carbocycles. The van der Waals surface area contributed by atoms with E-state index in [1.54, 1.807) is 47.4 Å². The van der Waals surface area contributed by atoms with Crippen LogP contribution < -0.4 is 20.9 Å². The van der Waals surface area contributed by atoms with Gasteiger partial charge in [-0.25, -0.2) is 0 Å². The van der Waals surface area contributed by atoms with Crippen molar-refractivity contribution in [3.05, 3.63) is 323 Å². The zero-order chi connectivity index (χ0) is 84.1. The van der Waals surface area contributed by atoms with Gasteiger partial charge in [0.15, 0.2) is 0 Å². The standard InChI is InChI=1S/C32H36Cl2N4O2S.C31H27Cl2N3O2S.C30H29Cl2N3O3S/c1-23-3-13-28(14-4-23)41-32(31(40)35-15-16-37-19-17-36(2)18-20-37)21-29(39)38(22-24-5-9-26(33)10-6-24)30(32)25-7-11-27(34)12-8-25;1-21-5-15-27(16-6-21)39-31(30(38)35-19-26-4-2-3-17-34-26)18-28(37)36(20-22-7-11-24(32)12-8-22)29(31)23-9-13-25(33)14-10-23;1-19-4-11-23(12-5-19)39-30(29(37)33-14-15-38-3)17-27(36)35(22-9-6-20(31)7-10-22)28(30)25-18-34(2)26-16-21(32)8-13-24(25)26/h3-14,30H,15-22H2,1-2H3,(H,35,40);2-17,29H,18-20H2,1H3,(H,35,38);4-13,16,18,28H,14-15,17H2,1-3H3,(H,33,37). The molecule has 4 aliphatic heterocycles. The normalized spacial score (nSPS) is 19.9. The largest absolute Gasteiger partial charge is 0.383 e. The number of likely N-dealkylation sites (N-methyl/N-ethyl adjacent to an activating group) is 1. The van der Waals surface area contributed by atoms with Crippen molar-refractivity contribution in [3.8, 4) is 0 Å². The molecule has 6 unspecified atom stereocenters. The number of ether oxygens (including phenoxy) is 1. The molecule has 0 spiro atoms. The first-order valence-corrected chi connectivity index (χ1v) is 43.8. The van der Waals surface area contributed by atoms with Crippen LogP contribution in [0.25, 0.3) is 10.9 Å². The first-order chi connectivity index (χ1) is 57.3. The number of nitrogens with one attached hydrogen (secondary N) is 3. The van der Waals surface area contributed by atoms with Crippen molar-refractivity contribution in [2.75, 3.05) is 71.5 Å². The quantitative estimate of drug-likeness (QED) is 0.0460. The number of rotatable bonds is 25. The number of aromatic nitrogens is 2. The molecule has 0 bridgehead atoms. The predicted octanol–water partition coefficient (Wildman–Crippen LogP) is 19.3. The Morgan fingerprint density at radius 1 is 0.471 bits per heavy atom. The lowest BCUT2D eigenvalue weighted by molar-refractivity contribution is -0.130. The van der Waals surface area contributed by atoms with E-state index in [9.17, 15) is 28.8 Å². The van der Waals surface area contributed by atoms with Gasteiger partial charge < -0.3 is 44.9 Å². The summed E-state index contributed by atoms with van der Waals surface area (Å²) in [5.41, 5.74) is 10.2. The van der Waals surface area contributed by atoms with E-state index in [0.717, 1.165) is 109 Å². The van der Waals surface area contributed by atoms with Gasteiger partial charge in [-0.15, -0.1) is 35.3 Å². The summed E-state index contributed by atoms with van der Waals surface area (Å²) in [6, 6.07) is 70.8. The van der Waals surface area contributed by atoms with Gasteiger partial charge in [0, 0.05) is 152 Å². The highest BCUT2D eigenvalue weighted by Gasteiger charge is 2.61. The number of aryl methyl sites for hydroxylation is 4. The van der Waals surface area contributed by atoms with Gasteiger partial charge in [0.2, 0.25) is 35.4 Å². The van der Waals surface area contributed by atoms with E-state index < -0.39 is 32.4 Å². The molecule has 9 aromatic carbocycles. The Labute approximate surface area is 738 Å². The Morgan fingerprint density at radius 3 is 1.33 bits per heavy atom. The van der Waals surface area contributed by atoms with Crippen molar-refractivity contribution in [3.63, 3.8) is 0 Å². The fraction of sp³-hybridized carbons (Fsp3) is 0.280. The smallest absolute Gasteiger partial charge is 0.239 e. The summed E-state index contributed by atoms with van der Waals surface area (Å²) in [7, 11) is 5.67. The Bertz CT molecular complexity index is 5370. The number of anilines is 1. The molecular weight excluding hydrogens is 1680 g/mol. The second-order valence-electron chi connectivity index (χ2n) is 30.3. The van der Waals surface area contributed by atoms with Crippen molar-refractivity contribution in [1.29, 1.82) is 0 Å². The number of benzene rings is 9. The third kappa shape index (κ3) is 21.0. The van der Waals surface area contributed by atoms with E-state index in [1.807, 2.05) is 250 Å². The highest BCUT2D eigenvalue weighted by atomic mass is 35.5. The van der Waals surface area contributed by atoms with Gasteiger partial charge in [0.05, 0.1) is 56.2 Å². The van der Waals surface area contributed by atoms with Crippen LogP contribution >= 0.6 is 105 Å². The van der Waals surface area contributed by atoms with Crippen LogP contribution in [0, 0.1) is 20.8 Å². The molecule has 0 radical (unpaired) electrons. The number of pyridine rings is 1. The van der Waals surface area contributed by atoms with Crippen LogP contribution in [0.15, 0.2) is 258 Å². The lowest BCUT2D eigenvalue weighted by Gasteiger charge is -2.37. The predicted molar refractivity (Wildman–Crippen MR) is 483 cm³/mol. The summed E-state index contributed by atoms with van der Waals surface area (Å²) < 4.78 is 3.80. The molecule has 15 rings (SSSR count). The van der Waals surface area contributed by atoms with E-state index in [4.69, 9.17) is 74.3 Å². The molecule has 4 saturated heterocycles. The van der Waals surface area contributed by atoms with Crippen molar-refractivity contribution in [1.82, 2.24) is 45.1 Å². The summed E-state index contributed by atoms with van der Waals surface area (Å²) in [5, 5.41) is 14.0. The number of hydrogen-bond acceptors (Lipinski definition) is 13. The minimum absolute atomic E-state index is 0.0155. The number of nitrogens with zero attached hydrogens (tertiary/aromatic N) is 7. The monoisotopic (exact) mass is 1770 g/mol. The number of likely N-dealkylation sites (tertiary alicyclic amines) is 2. The van der Waals surface area contributed by atoms with Crippen LogP contribution in [0.4, 0.5) is 5.69 Å². The van der Waals surface area contributed by atoms with Crippen LogP contribution in [0.1, 0.15) is 87.6 Å². The zero-order valence-electron chi connectivity index (χ0n) is 66.7. The lowest BCUT2D eigenvalue weighted by Crippen LogP contribution is -2.51. The minimum Gasteiger partial charge on any atom is -0.383 e. The van der Waals surface area contributed by atoms with E-state index in [1.165, 1.54) is 35.3 Å². The number of thioether (sulfide) groups is 3. The average molecular weight is 1770 g/mol. The summed E-state index contributed by atoms with van der Waals surface area (Å²) >= 11 is 41.7. The summed E-state index contributed by atoms with van der Waals surface area (Å²) in [6.07, 6.45) is 3.84. The molecule has 26 heteroatoms. The second kappa shape index (κ2) is 39.8. The Morgan fingerprint density at radius 2 is 0.882 bits per heavy atom. The fourth-order valence-electron chi connectivity index (χ4n) is 15.7. The van der Waals surface area contributed by atoms with Gasteiger partial charge in [0.25, 0.3) is 0 Å². The third-order valence-electron chi connectivity index (χ3n) is 21.8. The molecule has 4 aliphatic rings. The van der Waals surface area contributed by atoms with Crippen molar-refractivity contribution in [2.24, 2.45) is 7.05 Å². The number of piperazine rings is 1. The number of hydrogen-bond donors (Lipinski definition) is 3. The van der Waals surface area contributed by atoms with E-state index in [2.05, 4.69) is 37.8 Å². The highest BCUT2D eigenvalue weighted by molar-refractivity contribution is 8.02. The summed E-state index contributed by atoms with van der Waals surface area (Å²) in [6.45, 7) is 13.1. The van der Waals surface area contributed by atoms with Gasteiger partial charge >= 0.3 is 0 Å². The highest BCUT2D eigenvalue weighted by Crippen LogP contribution is 2.58. The molecule has 6 amide bonds. The Kier molecular flexibility index (Phi) is 29.4. The van der Waals surface area contributed by atoms with Crippen LogP contribution in [0.5, 0.6) is 0 Å². The van der Waals surface area contributed by atoms with Crippen molar-refractivity contribution < 1.29 is 33.5 Å². The zero-order valence-corrected chi connectivity index (χ0v) is 73.7. The minimum atomic E-state index is -1.17. The molecule has 6 atom stereocenters. The van der Waals surface area contributed by atoms with E-state index >= 15 is 0 Å². The van der Waals surface area contributed by atoms with E-state index in [0.29, 0.717) is 68.6 Å². The van der Waals surface area contributed by atoms with Gasteiger partial charge in [-0.3, -0.25) is 38.7 Å². The second-order valence-corrected chi connectivity index (χ2v) is 37.1. The molecule has 2 aromatic heterocycles. The molecule has 11 aromatic rings. The number of fused-ring (bicyclic) bond motifs is 1. The molecule has 616 valence electrons. The Hall–Kier alpha value is -8.84. The molecule has 6 heterocycles. The average Bonchev–Trinajstić information content (AvgIpc) is 1.58. The maximum Gasteiger partial charge on any atom is 0.239 e. The number of halogens is 6. The van der Waals surface area contributed by atoms with Crippen molar-refractivity contribution >= 4 is 157 Å². The van der Waals surface area contributed by atoms with Gasteiger partial charge in [0.1, 0.15) is 14.2 Å². The SMILES string of the molecule is COCCNC(=O)C1(Sc2ccc(C)cc2)CC(=O)N(c2ccc(Cl)cc2)C1c1cn(C)c2cc(Cl)ccc12.Cc1ccc(SC2(C(=O)NCCN3CCN(C)CC3)CC(=O)N(Cc3ccc(Cl)cc3)C2c2ccc(Cl)cc2)cc1.Cc1ccc(SC2(C(=O)NCc3ccccn3)CC(=O)N(Cc3ccc(Cl)cc3)C2c2ccc(Cl)cc2)cc1. The van der Waals surface area contributed by atoms with Crippen LogP contribution in [-0.4, -0.2) is 145 Å². The number of carbonyl (C=O) groups is 6. The summed E-state index contributed by atoms with van der Waals surface area (Å²) in [5.74, 6) is -0.860. The molecule has 17 nitrogen and oxygen atoms in total. The van der Waals surface area contributed by atoms with Gasteiger partial charge in [-0.2, -0.15) is 0 Å². The van der Waals surface area contributed by atoms with Crippen LogP contribution in [0.3, 0.4) is 0 Å². The number of methoxy groups -OCH3 is 1. The lowest BCUT2D eigenvalue weighted by atomic mass is 9.91. The number of amides is 6. The van der Waals surface area contributed by atoms with Gasteiger partial charge in [-0.05, 0) is 184 Å². The fourth-order valence-corrected chi connectivity index (χ4v) is 20.7. The first-order valence-electron chi connectivity index (χ1n) is 39.1. The molecule has 3 N–H and O–H groups in total. The maximum absolute atomic E-state index is 14.4. The third-order valence-corrected chi connectivity index (χ3v) is 27.6. The van der Waals surface area contributed by atoms with Crippen LogP contribution in [0.2, 0.25) is 30.1 Å². The molecule has 0 saturated carbocycles. The topological polar surface area (TPSA) is 182 Å². The Balaban J connectivity index is 0.000000155. The first kappa shape index (κ1) is 88.0. The van der Waals surface area contributed by atoms with Crippen LogP contribution in [-0.2, 0) is 60.2 Å². The molecular formula is C93H92Cl6N10O7S3. The number of carbonyl (C=O) groups excluding carboxylic acids is 6. The van der Waals surface area contributed by atoms with Crippen molar-refractivity contribution in [2.45, 2.75) is 107 Å². The summed E-state index contributed by atoms with van der Waals surface area (Å²) in [4.78, 5) is 102.